The van der Waals surface area contributed by atoms with E-state index in [4.69, 9.17) is 9.40 Å². The van der Waals surface area contributed by atoms with Crippen LogP contribution in [0.5, 0.6) is 0 Å². The summed E-state index contributed by atoms with van der Waals surface area (Å²) in [4.78, 5) is 35.4. The van der Waals surface area contributed by atoms with Gasteiger partial charge in [0.05, 0.1) is 11.9 Å². The SMILES string of the molecule is CC1(C)CCC(c2cc(C(C)(C)C)c3oc(C(=O)N4CCN(c5cn[nH]c5)C(=O)C4(C)C)cc3n2)CC1. The molecule has 1 aliphatic heterocycles. The standard InChI is InChI=1S/C29H39N5O3/c1-27(2,3)20-14-21(18-8-10-28(4,5)11-9-18)32-22-15-23(37-24(20)22)25(35)34-13-12-33(19-16-30-31-17-19)26(36)29(34,6)7/h14-18H,8-13H2,1-7H3,(H,30,31). The zero-order chi connectivity index (χ0) is 26.8. The highest BCUT2D eigenvalue weighted by Gasteiger charge is 2.46. The van der Waals surface area contributed by atoms with E-state index in [-0.39, 0.29) is 23.0 Å². The predicted molar refractivity (Wildman–Crippen MR) is 144 cm³/mol. The molecule has 1 saturated carbocycles. The maximum atomic E-state index is 13.8. The summed E-state index contributed by atoms with van der Waals surface area (Å²) in [5, 5.41) is 6.71. The van der Waals surface area contributed by atoms with Gasteiger partial charge in [-0.3, -0.25) is 14.7 Å². The Balaban J connectivity index is 1.48. The molecule has 0 radical (unpaired) electrons. The van der Waals surface area contributed by atoms with Crippen LogP contribution in [-0.2, 0) is 10.2 Å². The molecule has 8 heteroatoms. The fourth-order valence-corrected chi connectivity index (χ4v) is 5.76. The van der Waals surface area contributed by atoms with Crippen LogP contribution < -0.4 is 4.90 Å². The molecule has 3 aromatic rings. The van der Waals surface area contributed by atoms with Gasteiger partial charge in [-0.05, 0) is 56.4 Å². The number of amides is 2. The van der Waals surface area contributed by atoms with E-state index in [1.54, 1.807) is 42.1 Å². The van der Waals surface area contributed by atoms with Crippen molar-refractivity contribution in [3.8, 4) is 0 Å². The van der Waals surface area contributed by atoms with Gasteiger partial charge >= 0.3 is 0 Å². The number of rotatable bonds is 3. The zero-order valence-electron chi connectivity index (χ0n) is 23.1. The molecule has 0 atom stereocenters. The van der Waals surface area contributed by atoms with Gasteiger partial charge in [-0.15, -0.1) is 0 Å². The highest BCUT2D eigenvalue weighted by Crippen LogP contribution is 2.43. The van der Waals surface area contributed by atoms with Gasteiger partial charge < -0.3 is 14.2 Å². The molecule has 198 valence electrons. The van der Waals surface area contributed by atoms with Gasteiger partial charge in [0.15, 0.2) is 11.3 Å². The van der Waals surface area contributed by atoms with Crippen molar-refractivity contribution in [2.75, 3.05) is 18.0 Å². The van der Waals surface area contributed by atoms with E-state index in [0.717, 1.165) is 29.6 Å². The van der Waals surface area contributed by atoms with Crippen molar-refractivity contribution in [3.05, 3.63) is 41.5 Å². The third kappa shape index (κ3) is 4.55. The Morgan fingerprint density at radius 3 is 2.43 bits per heavy atom. The average molecular weight is 506 g/mol. The summed E-state index contributed by atoms with van der Waals surface area (Å²) in [7, 11) is 0. The second kappa shape index (κ2) is 8.71. The molecular weight excluding hydrogens is 466 g/mol. The molecule has 2 aliphatic rings. The fourth-order valence-electron chi connectivity index (χ4n) is 5.76. The van der Waals surface area contributed by atoms with Crippen LogP contribution in [-0.4, -0.2) is 50.5 Å². The van der Waals surface area contributed by atoms with Crippen LogP contribution in [0.1, 0.15) is 102 Å². The first-order chi connectivity index (χ1) is 17.3. The third-order valence-corrected chi connectivity index (χ3v) is 8.31. The third-order valence-electron chi connectivity index (χ3n) is 8.31. The first kappa shape index (κ1) is 25.5. The van der Waals surface area contributed by atoms with Crippen molar-refractivity contribution in [3.63, 3.8) is 0 Å². The van der Waals surface area contributed by atoms with Crippen LogP contribution in [0.4, 0.5) is 5.69 Å². The highest BCUT2D eigenvalue weighted by molar-refractivity contribution is 6.05. The van der Waals surface area contributed by atoms with E-state index in [1.807, 2.05) is 0 Å². The summed E-state index contributed by atoms with van der Waals surface area (Å²) in [6.07, 6.45) is 7.92. The topological polar surface area (TPSA) is 95.3 Å². The van der Waals surface area contributed by atoms with E-state index in [2.05, 4.69) is 50.9 Å². The predicted octanol–water partition coefficient (Wildman–Crippen LogP) is 5.80. The Labute approximate surface area is 218 Å². The maximum Gasteiger partial charge on any atom is 0.290 e. The van der Waals surface area contributed by atoms with Crippen LogP contribution in [0.25, 0.3) is 11.1 Å². The van der Waals surface area contributed by atoms with Crippen molar-refractivity contribution < 1.29 is 14.0 Å². The number of hydrogen-bond acceptors (Lipinski definition) is 5. The zero-order valence-corrected chi connectivity index (χ0v) is 23.1. The summed E-state index contributed by atoms with van der Waals surface area (Å²) in [5.74, 6) is 0.206. The Bertz CT molecular complexity index is 1320. The van der Waals surface area contributed by atoms with Crippen LogP contribution in [0.3, 0.4) is 0 Å². The molecule has 8 nitrogen and oxygen atoms in total. The van der Waals surface area contributed by atoms with Crippen molar-refractivity contribution in [2.24, 2.45) is 5.41 Å². The molecule has 2 amide bonds. The summed E-state index contributed by atoms with van der Waals surface area (Å²) in [5.41, 5.74) is 3.42. The second-order valence-corrected chi connectivity index (χ2v) is 13.0. The molecule has 1 N–H and O–H groups in total. The molecule has 2 fully saturated rings. The normalized spacial score (nSPS) is 20.6. The molecule has 0 unspecified atom stereocenters. The lowest BCUT2D eigenvalue weighted by molar-refractivity contribution is -0.129. The van der Waals surface area contributed by atoms with Crippen molar-refractivity contribution >= 4 is 28.6 Å². The molecule has 1 aliphatic carbocycles. The number of carbonyl (C=O) groups excluding carboxylic acids is 2. The van der Waals surface area contributed by atoms with Gasteiger partial charge in [-0.25, -0.2) is 4.98 Å². The van der Waals surface area contributed by atoms with E-state index in [0.29, 0.717) is 35.7 Å². The monoisotopic (exact) mass is 505 g/mol. The molecular formula is C29H39N5O3. The summed E-state index contributed by atoms with van der Waals surface area (Å²) < 4.78 is 6.25. The van der Waals surface area contributed by atoms with E-state index < -0.39 is 5.54 Å². The number of fused-ring (bicyclic) bond motifs is 1. The number of aromatic nitrogens is 3. The smallest absolute Gasteiger partial charge is 0.290 e. The number of H-pyrrole nitrogens is 1. The lowest BCUT2D eigenvalue weighted by Gasteiger charge is -2.45. The number of furan rings is 1. The van der Waals surface area contributed by atoms with Gasteiger partial charge in [0, 0.05) is 42.5 Å². The fraction of sp³-hybridized carbons (Fsp3) is 0.586. The molecule has 0 aromatic carbocycles. The number of carbonyl (C=O) groups is 2. The maximum absolute atomic E-state index is 13.8. The largest absolute Gasteiger partial charge is 0.449 e. The lowest BCUT2D eigenvalue weighted by atomic mass is 9.72. The number of nitrogens with zero attached hydrogens (tertiary/aromatic N) is 4. The van der Waals surface area contributed by atoms with Gasteiger partial charge in [0.25, 0.3) is 11.8 Å². The number of hydrogen-bond donors (Lipinski definition) is 1. The Morgan fingerprint density at radius 2 is 1.81 bits per heavy atom. The Morgan fingerprint density at radius 1 is 1.11 bits per heavy atom. The highest BCUT2D eigenvalue weighted by atomic mass is 16.3. The second-order valence-electron chi connectivity index (χ2n) is 13.0. The molecule has 5 rings (SSSR count). The van der Waals surface area contributed by atoms with Gasteiger partial charge in [-0.2, -0.15) is 5.10 Å². The van der Waals surface area contributed by atoms with Crippen LogP contribution in [0.15, 0.2) is 28.9 Å². The molecule has 0 bridgehead atoms. The minimum Gasteiger partial charge on any atom is -0.449 e. The number of aromatic amines is 1. The first-order valence-corrected chi connectivity index (χ1v) is 13.4. The van der Waals surface area contributed by atoms with Crippen LogP contribution >= 0.6 is 0 Å². The van der Waals surface area contributed by atoms with Crippen molar-refractivity contribution in [2.45, 2.75) is 91.0 Å². The van der Waals surface area contributed by atoms with E-state index in [1.165, 1.54) is 12.8 Å². The van der Waals surface area contributed by atoms with Gasteiger partial charge in [0.1, 0.15) is 11.1 Å². The number of nitrogens with one attached hydrogen (secondary N) is 1. The molecule has 3 aromatic heterocycles. The number of pyridine rings is 1. The van der Waals surface area contributed by atoms with Crippen molar-refractivity contribution in [1.82, 2.24) is 20.1 Å². The average Bonchev–Trinajstić information content (AvgIpc) is 3.49. The van der Waals surface area contributed by atoms with Gasteiger partial charge in [0.2, 0.25) is 0 Å². The summed E-state index contributed by atoms with van der Waals surface area (Å²) in [6, 6.07) is 3.96. The minimum absolute atomic E-state index is 0.152. The Kier molecular flexibility index (Phi) is 6.00. The lowest BCUT2D eigenvalue weighted by Crippen LogP contribution is -2.64. The number of anilines is 1. The molecule has 4 heterocycles. The minimum atomic E-state index is -1.04. The molecule has 1 saturated heterocycles. The van der Waals surface area contributed by atoms with Gasteiger partial charge in [-0.1, -0.05) is 34.6 Å². The molecule has 0 spiro atoms. The molecule has 37 heavy (non-hydrogen) atoms. The van der Waals surface area contributed by atoms with E-state index in [9.17, 15) is 9.59 Å². The van der Waals surface area contributed by atoms with Crippen LogP contribution in [0.2, 0.25) is 0 Å². The summed E-state index contributed by atoms with van der Waals surface area (Å²) >= 11 is 0. The van der Waals surface area contributed by atoms with Crippen LogP contribution in [0, 0.1) is 5.41 Å². The summed E-state index contributed by atoms with van der Waals surface area (Å²) in [6.45, 7) is 15.5. The quantitative estimate of drug-likeness (QED) is 0.485. The van der Waals surface area contributed by atoms with Crippen molar-refractivity contribution in [1.29, 1.82) is 0 Å². The van der Waals surface area contributed by atoms with E-state index >= 15 is 0 Å². The first-order valence-electron chi connectivity index (χ1n) is 13.4. The number of piperazine rings is 1. The Hall–Kier alpha value is -3.16.